The second-order valence-electron chi connectivity index (χ2n) is 6.67. The molecule has 0 saturated carbocycles. The fourth-order valence-corrected chi connectivity index (χ4v) is 4.46. The molecule has 0 radical (unpaired) electrons. The number of benzene rings is 2. The van der Waals surface area contributed by atoms with Crippen molar-refractivity contribution in [2.24, 2.45) is 0 Å². The van der Waals surface area contributed by atoms with E-state index in [0.29, 0.717) is 17.1 Å². The number of fused-ring (bicyclic) bond motifs is 1. The summed E-state index contributed by atoms with van der Waals surface area (Å²) in [6.07, 6.45) is 0.904. The monoisotopic (exact) mass is 445 g/mol. The number of hydrogen-bond donors (Lipinski definition) is 3. The van der Waals surface area contributed by atoms with Crippen molar-refractivity contribution in [1.29, 1.82) is 0 Å². The van der Waals surface area contributed by atoms with E-state index in [1.807, 2.05) is 17.0 Å². The first-order valence-electron chi connectivity index (χ1n) is 9.16. The number of halogens is 1. The second-order valence-corrected chi connectivity index (χ2v) is 8.08. The van der Waals surface area contributed by atoms with Crippen LogP contribution in [0.5, 0.6) is 5.75 Å². The van der Waals surface area contributed by atoms with Crippen LogP contribution in [0.25, 0.3) is 0 Å². The third-order valence-corrected chi connectivity index (χ3v) is 6.14. The molecule has 1 aliphatic heterocycles. The van der Waals surface area contributed by atoms with Crippen LogP contribution in [0.3, 0.4) is 0 Å². The van der Waals surface area contributed by atoms with Gasteiger partial charge in [0, 0.05) is 23.0 Å². The van der Waals surface area contributed by atoms with Crippen molar-refractivity contribution in [3.8, 4) is 5.75 Å². The largest absolute Gasteiger partial charge is 0.507 e. The molecule has 1 aliphatic rings. The Kier molecular flexibility index (Phi) is 7.10. The van der Waals surface area contributed by atoms with E-state index in [0.717, 1.165) is 13.0 Å². The number of aromatic carboxylic acids is 1. The van der Waals surface area contributed by atoms with E-state index < -0.39 is 18.0 Å². The van der Waals surface area contributed by atoms with Gasteiger partial charge in [-0.3, -0.25) is 9.69 Å². The lowest BCUT2D eigenvalue weighted by Crippen LogP contribution is -2.37. The van der Waals surface area contributed by atoms with E-state index in [1.165, 1.54) is 22.6 Å². The third-order valence-electron chi connectivity index (χ3n) is 4.77. The molecule has 0 amide bonds. The molecule has 0 bridgehead atoms. The van der Waals surface area contributed by atoms with Crippen molar-refractivity contribution >= 4 is 34.9 Å². The standard InChI is InChI=1S/C15H14ClNO2S.C7H6O3/c16-12-4-2-1-3-11(12)14(15(18)19)17-7-5-13-10(9-17)6-8-20-13;8-6-4-2-1-3-5(6)7(9)10/h1-4,6,8,14H,5,7,9H2,(H,18,19);1-4,8H,(H,9,10)/t14-;/m0./s1. The molecule has 1 aromatic heterocycles. The van der Waals surface area contributed by atoms with Crippen LogP contribution in [-0.2, 0) is 17.8 Å². The van der Waals surface area contributed by atoms with E-state index >= 15 is 0 Å². The van der Waals surface area contributed by atoms with Crippen molar-refractivity contribution in [2.75, 3.05) is 6.54 Å². The molecule has 0 unspecified atom stereocenters. The summed E-state index contributed by atoms with van der Waals surface area (Å²) in [5.74, 6) is -2.16. The van der Waals surface area contributed by atoms with Gasteiger partial charge in [0.2, 0.25) is 0 Å². The first-order chi connectivity index (χ1) is 14.4. The molecule has 0 aliphatic carbocycles. The van der Waals surface area contributed by atoms with Gasteiger partial charge in [0.25, 0.3) is 0 Å². The highest BCUT2D eigenvalue weighted by molar-refractivity contribution is 7.10. The molecule has 2 heterocycles. The fraction of sp³-hybridized carbons (Fsp3) is 0.182. The van der Waals surface area contributed by atoms with Crippen molar-refractivity contribution in [2.45, 2.75) is 19.0 Å². The minimum atomic E-state index is -1.11. The Bertz CT molecular complexity index is 1050. The van der Waals surface area contributed by atoms with Crippen molar-refractivity contribution in [3.05, 3.63) is 86.6 Å². The summed E-state index contributed by atoms with van der Waals surface area (Å²) in [4.78, 5) is 25.3. The van der Waals surface area contributed by atoms with Gasteiger partial charge in [0.05, 0.1) is 0 Å². The molecule has 2 aromatic carbocycles. The lowest BCUT2D eigenvalue weighted by molar-refractivity contribution is -0.144. The summed E-state index contributed by atoms with van der Waals surface area (Å²) in [6.45, 7) is 1.41. The van der Waals surface area contributed by atoms with Gasteiger partial charge >= 0.3 is 11.9 Å². The van der Waals surface area contributed by atoms with Crippen molar-refractivity contribution in [1.82, 2.24) is 4.90 Å². The van der Waals surface area contributed by atoms with E-state index in [2.05, 4.69) is 11.4 Å². The second kappa shape index (κ2) is 9.75. The van der Waals surface area contributed by atoms with Crippen LogP contribution in [0.2, 0.25) is 5.02 Å². The van der Waals surface area contributed by atoms with Crippen LogP contribution in [0.1, 0.15) is 32.4 Å². The molecular weight excluding hydrogens is 426 g/mol. The first-order valence-corrected chi connectivity index (χ1v) is 10.4. The number of carboxylic acid groups (broad SMARTS) is 2. The minimum absolute atomic E-state index is 0.0671. The van der Waals surface area contributed by atoms with Gasteiger partial charge in [-0.25, -0.2) is 4.79 Å². The highest BCUT2D eigenvalue weighted by atomic mass is 35.5. The number of phenols is 1. The number of aliphatic carboxylic acids is 1. The number of para-hydroxylation sites is 1. The maximum atomic E-state index is 11.7. The Morgan fingerprint density at radius 3 is 2.37 bits per heavy atom. The van der Waals surface area contributed by atoms with Gasteiger partial charge in [-0.05, 0) is 47.2 Å². The normalized spacial score (nSPS) is 14.2. The third kappa shape index (κ3) is 4.99. The van der Waals surface area contributed by atoms with Gasteiger partial charge in [-0.15, -0.1) is 11.3 Å². The summed E-state index contributed by atoms with van der Waals surface area (Å²) >= 11 is 7.92. The Morgan fingerprint density at radius 1 is 1.03 bits per heavy atom. The summed E-state index contributed by atoms with van der Waals surface area (Å²) in [6, 6.07) is 14.4. The zero-order valence-corrected chi connectivity index (χ0v) is 17.4. The van der Waals surface area contributed by atoms with Crippen LogP contribution in [0.4, 0.5) is 0 Å². The number of nitrogens with zero attached hydrogens (tertiary/aromatic N) is 1. The number of hydrogen-bond acceptors (Lipinski definition) is 5. The Morgan fingerprint density at radius 2 is 1.73 bits per heavy atom. The fourth-order valence-electron chi connectivity index (χ4n) is 3.33. The predicted molar refractivity (Wildman–Crippen MR) is 115 cm³/mol. The number of rotatable bonds is 4. The number of carboxylic acids is 2. The lowest BCUT2D eigenvalue weighted by Gasteiger charge is -2.32. The molecule has 8 heteroatoms. The summed E-state index contributed by atoms with van der Waals surface area (Å²) in [5, 5.41) is 29.5. The molecule has 1 atom stereocenters. The number of thiophene rings is 1. The minimum Gasteiger partial charge on any atom is -0.507 e. The zero-order chi connectivity index (χ0) is 21.7. The van der Waals surface area contributed by atoms with Gasteiger partial charge in [-0.1, -0.05) is 41.9 Å². The van der Waals surface area contributed by atoms with E-state index in [1.54, 1.807) is 35.6 Å². The molecule has 6 nitrogen and oxygen atoms in total. The molecule has 4 rings (SSSR count). The zero-order valence-electron chi connectivity index (χ0n) is 15.9. The Hall–Kier alpha value is -2.87. The van der Waals surface area contributed by atoms with Crippen LogP contribution in [-0.4, -0.2) is 38.7 Å². The molecule has 30 heavy (non-hydrogen) atoms. The van der Waals surface area contributed by atoms with E-state index in [4.69, 9.17) is 21.8 Å². The topological polar surface area (TPSA) is 98.1 Å². The molecule has 0 fully saturated rings. The van der Waals surface area contributed by atoms with Crippen molar-refractivity contribution in [3.63, 3.8) is 0 Å². The van der Waals surface area contributed by atoms with Gasteiger partial charge < -0.3 is 15.3 Å². The first kappa shape index (κ1) is 21.8. The molecule has 0 spiro atoms. The molecule has 0 saturated heterocycles. The van der Waals surface area contributed by atoms with E-state index in [9.17, 15) is 14.7 Å². The predicted octanol–water partition coefficient (Wildman–Crippen LogP) is 4.68. The average molecular weight is 446 g/mol. The summed E-state index contributed by atoms with van der Waals surface area (Å²) < 4.78 is 0. The van der Waals surface area contributed by atoms with Gasteiger partial charge in [0.1, 0.15) is 17.4 Å². The summed E-state index contributed by atoms with van der Waals surface area (Å²) in [5.41, 5.74) is 1.84. The SMILES string of the molecule is O=C(O)[C@H](c1ccccc1Cl)N1CCc2sccc2C1.O=C(O)c1ccccc1O. The molecular formula is C22H20ClNO5S. The maximum Gasteiger partial charge on any atom is 0.339 e. The molecule has 3 N–H and O–H groups in total. The van der Waals surface area contributed by atoms with Crippen LogP contribution < -0.4 is 0 Å². The molecule has 3 aromatic rings. The Balaban J connectivity index is 0.000000216. The number of carbonyl (C=O) groups is 2. The highest BCUT2D eigenvalue weighted by Gasteiger charge is 2.31. The lowest BCUT2D eigenvalue weighted by atomic mass is 10.0. The molecule has 156 valence electrons. The van der Waals surface area contributed by atoms with Crippen LogP contribution in [0, 0.1) is 0 Å². The van der Waals surface area contributed by atoms with Gasteiger partial charge in [0.15, 0.2) is 0 Å². The van der Waals surface area contributed by atoms with Crippen LogP contribution >= 0.6 is 22.9 Å². The van der Waals surface area contributed by atoms with Crippen molar-refractivity contribution < 1.29 is 24.9 Å². The summed E-state index contributed by atoms with van der Waals surface area (Å²) in [7, 11) is 0. The number of aromatic hydroxyl groups is 1. The maximum absolute atomic E-state index is 11.7. The smallest absolute Gasteiger partial charge is 0.339 e. The Labute approximate surface area is 182 Å². The quantitative estimate of drug-likeness (QED) is 0.539. The highest BCUT2D eigenvalue weighted by Crippen LogP contribution is 2.33. The van der Waals surface area contributed by atoms with E-state index in [-0.39, 0.29) is 11.3 Å². The average Bonchev–Trinajstić information content (AvgIpc) is 3.18. The van der Waals surface area contributed by atoms with Crippen LogP contribution in [0.15, 0.2) is 60.0 Å². The van der Waals surface area contributed by atoms with Gasteiger partial charge in [-0.2, -0.15) is 0 Å².